The smallest absolute Gasteiger partial charge is 0.0624 e. The van der Waals surface area contributed by atoms with Crippen LogP contribution in [0.15, 0.2) is 18.2 Å². The van der Waals surface area contributed by atoms with Crippen molar-refractivity contribution >= 4 is 23.2 Å². The quantitative estimate of drug-likeness (QED) is 0.868. The summed E-state index contributed by atoms with van der Waals surface area (Å²) in [5.74, 6) is 1.32. The zero-order valence-corrected chi connectivity index (χ0v) is 11.5. The van der Waals surface area contributed by atoms with Crippen LogP contribution in [0.3, 0.4) is 0 Å². The molecule has 1 fully saturated rings. The third kappa shape index (κ3) is 3.15. The lowest BCUT2D eigenvalue weighted by Crippen LogP contribution is -2.24. The zero-order chi connectivity index (χ0) is 12.3. The predicted octanol–water partition coefficient (Wildman–Crippen LogP) is 4.30. The Kier molecular flexibility index (Phi) is 4.72. The Bertz CT molecular complexity index is 372. The summed E-state index contributed by atoms with van der Waals surface area (Å²) in [6.45, 7) is 0.744. The van der Waals surface area contributed by atoms with Crippen molar-refractivity contribution in [3.8, 4) is 0 Å². The van der Waals surface area contributed by atoms with Crippen molar-refractivity contribution in [2.24, 2.45) is 17.6 Å². The van der Waals surface area contributed by atoms with Crippen LogP contribution in [0.5, 0.6) is 0 Å². The van der Waals surface area contributed by atoms with E-state index in [0.29, 0.717) is 16.0 Å². The van der Waals surface area contributed by atoms with E-state index in [0.717, 1.165) is 24.4 Å². The highest BCUT2D eigenvalue weighted by molar-refractivity contribution is 6.42. The van der Waals surface area contributed by atoms with Crippen molar-refractivity contribution in [2.45, 2.75) is 32.1 Å². The molecule has 1 aliphatic carbocycles. The number of hydrogen-bond acceptors (Lipinski definition) is 1. The Morgan fingerprint density at radius 2 is 1.94 bits per heavy atom. The van der Waals surface area contributed by atoms with Gasteiger partial charge in [0.1, 0.15) is 0 Å². The Hall–Kier alpha value is -0.240. The zero-order valence-electron chi connectivity index (χ0n) is 9.96. The minimum absolute atomic E-state index is 0.550. The van der Waals surface area contributed by atoms with E-state index in [2.05, 4.69) is 6.07 Å². The summed E-state index contributed by atoms with van der Waals surface area (Å²) >= 11 is 12.3. The maximum atomic E-state index is 6.23. The summed E-state index contributed by atoms with van der Waals surface area (Å²) in [4.78, 5) is 0. The Labute approximate surface area is 113 Å². The SMILES string of the molecule is NCC(Cc1cccc(Cl)c1Cl)C1CCCC1. The molecule has 0 spiro atoms. The monoisotopic (exact) mass is 271 g/mol. The van der Waals surface area contributed by atoms with Crippen LogP contribution in [0, 0.1) is 11.8 Å². The summed E-state index contributed by atoms with van der Waals surface area (Å²) in [5, 5.41) is 1.34. The molecule has 1 unspecified atom stereocenters. The Morgan fingerprint density at radius 3 is 2.59 bits per heavy atom. The fraction of sp³-hybridized carbons (Fsp3) is 0.571. The highest BCUT2D eigenvalue weighted by Gasteiger charge is 2.24. The van der Waals surface area contributed by atoms with E-state index in [1.54, 1.807) is 0 Å². The third-order valence-electron chi connectivity index (χ3n) is 3.88. The highest BCUT2D eigenvalue weighted by atomic mass is 35.5. The number of halogens is 2. The molecule has 0 aromatic heterocycles. The molecule has 3 heteroatoms. The number of nitrogens with two attached hydrogens (primary N) is 1. The van der Waals surface area contributed by atoms with Crippen molar-refractivity contribution in [2.75, 3.05) is 6.54 Å². The van der Waals surface area contributed by atoms with Crippen LogP contribution in [0.1, 0.15) is 31.2 Å². The molecular weight excluding hydrogens is 253 g/mol. The molecule has 0 saturated heterocycles. The molecule has 0 heterocycles. The van der Waals surface area contributed by atoms with E-state index in [1.807, 2.05) is 12.1 Å². The van der Waals surface area contributed by atoms with Gasteiger partial charge in [0.25, 0.3) is 0 Å². The highest BCUT2D eigenvalue weighted by Crippen LogP contribution is 2.35. The van der Waals surface area contributed by atoms with Gasteiger partial charge in [0.2, 0.25) is 0 Å². The average molecular weight is 272 g/mol. The molecule has 17 heavy (non-hydrogen) atoms. The normalized spacial score (nSPS) is 18.5. The topological polar surface area (TPSA) is 26.0 Å². The fourth-order valence-electron chi connectivity index (χ4n) is 2.86. The van der Waals surface area contributed by atoms with Gasteiger partial charge in [-0.05, 0) is 36.4 Å². The van der Waals surface area contributed by atoms with Crippen molar-refractivity contribution < 1.29 is 0 Å². The lowest BCUT2D eigenvalue weighted by Gasteiger charge is -2.22. The van der Waals surface area contributed by atoms with Crippen molar-refractivity contribution in [3.05, 3.63) is 33.8 Å². The minimum Gasteiger partial charge on any atom is -0.330 e. The van der Waals surface area contributed by atoms with Gasteiger partial charge in [-0.15, -0.1) is 0 Å². The first-order valence-corrected chi connectivity index (χ1v) is 7.11. The van der Waals surface area contributed by atoms with Gasteiger partial charge in [-0.25, -0.2) is 0 Å². The molecule has 0 bridgehead atoms. The van der Waals surface area contributed by atoms with Crippen LogP contribution in [0.4, 0.5) is 0 Å². The summed E-state index contributed by atoms with van der Waals surface area (Å²) in [7, 11) is 0. The molecule has 1 aromatic carbocycles. The van der Waals surface area contributed by atoms with Crippen molar-refractivity contribution in [1.82, 2.24) is 0 Å². The van der Waals surface area contributed by atoms with Crippen LogP contribution in [-0.4, -0.2) is 6.54 Å². The van der Waals surface area contributed by atoms with E-state index in [-0.39, 0.29) is 0 Å². The minimum atomic E-state index is 0.550. The molecule has 0 amide bonds. The maximum Gasteiger partial charge on any atom is 0.0624 e. The van der Waals surface area contributed by atoms with Crippen molar-refractivity contribution in [1.29, 1.82) is 0 Å². The predicted molar refractivity (Wildman–Crippen MR) is 74.7 cm³/mol. The molecule has 0 radical (unpaired) electrons. The second-order valence-electron chi connectivity index (χ2n) is 4.96. The van der Waals surface area contributed by atoms with Crippen LogP contribution >= 0.6 is 23.2 Å². The molecule has 1 aromatic rings. The average Bonchev–Trinajstić information content (AvgIpc) is 2.85. The molecule has 0 aliphatic heterocycles. The number of hydrogen-bond donors (Lipinski definition) is 1. The summed E-state index contributed by atoms with van der Waals surface area (Å²) in [5.41, 5.74) is 7.05. The first-order valence-electron chi connectivity index (χ1n) is 6.35. The third-order valence-corrected chi connectivity index (χ3v) is 4.74. The van der Waals surface area contributed by atoms with E-state index in [9.17, 15) is 0 Å². The van der Waals surface area contributed by atoms with Gasteiger partial charge < -0.3 is 5.73 Å². The number of rotatable bonds is 4. The maximum absolute atomic E-state index is 6.23. The van der Waals surface area contributed by atoms with Gasteiger partial charge in [0.15, 0.2) is 0 Å². The molecule has 1 nitrogen and oxygen atoms in total. The lowest BCUT2D eigenvalue weighted by atomic mass is 9.86. The van der Waals surface area contributed by atoms with Gasteiger partial charge in [-0.2, -0.15) is 0 Å². The number of benzene rings is 1. The van der Waals surface area contributed by atoms with Crippen LogP contribution < -0.4 is 5.73 Å². The summed E-state index contributed by atoms with van der Waals surface area (Å²) in [6.07, 6.45) is 6.30. The molecule has 1 saturated carbocycles. The van der Waals surface area contributed by atoms with Gasteiger partial charge in [-0.1, -0.05) is 61.0 Å². The lowest BCUT2D eigenvalue weighted by molar-refractivity contribution is 0.345. The van der Waals surface area contributed by atoms with Gasteiger partial charge >= 0.3 is 0 Å². The molecule has 2 N–H and O–H groups in total. The standard InChI is InChI=1S/C14H19Cl2N/c15-13-7-3-6-11(14(13)16)8-12(9-17)10-4-1-2-5-10/h3,6-7,10,12H,1-2,4-5,8-9,17H2. The fourth-order valence-corrected chi connectivity index (χ4v) is 3.26. The first-order chi connectivity index (χ1) is 8.22. The Morgan fingerprint density at radius 1 is 1.24 bits per heavy atom. The van der Waals surface area contributed by atoms with Gasteiger partial charge in [-0.3, -0.25) is 0 Å². The second-order valence-corrected chi connectivity index (χ2v) is 5.74. The largest absolute Gasteiger partial charge is 0.330 e. The van der Waals surface area contributed by atoms with E-state index in [4.69, 9.17) is 28.9 Å². The molecular formula is C14H19Cl2N. The first kappa shape index (κ1) is 13.2. The van der Waals surface area contributed by atoms with Crippen LogP contribution in [-0.2, 0) is 6.42 Å². The molecule has 94 valence electrons. The van der Waals surface area contributed by atoms with Gasteiger partial charge in [0.05, 0.1) is 10.0 Å². The van der Waals surface area contributed by atoms with Crippen molar-refractivity contribution in [3.63, 3.8) is 0 Å². The summed E-state index contributed by atoms with van der Waals surface area (Å²) in [6, 6.07) is 5.86. The molecule has 1 atom stereocenters. The van der Waals surface area contributed by atoms with Crippen LogP contribution in [0.2, 0.25) is 10.0 Å². The van der Waals surface area contributed by atoms with E-state index in [1.165, 1.54) is 25.7 Å². The second kappa shape index (κ2) is 6.08. The summed E-state index contributed by atoms with van der Waals surface area (Å²) < 4.78 is 0. The van der Waals surface area contributed by atoms with E-state index < -0.39 is 0 Å². The molecule has 1 aliphatic rings. The Balaban J connectivity index is 2.09. The molecule has 2 rings (SSSR count). The van der Waals surface area contributed by atoms with Crippen LogP contribution in [0.25, 0.3) is 0 Å². The van der Waals surface area contributed by atoms with Gasteiger partial charge in [0, 0.05) is 0 Å². The van der Waals surface area contributed by atoms with E-state index >= 15 is 0 Å².